The van der Waals surface area contributed by atoms with E-state index < -0.39 is 0 Å². The van der Waals surface area contributed by atoms with Gasteiger partial charge in [-0.05, 0) is 56.3 Å². The molecule has 1 amide bonds. The molecule has 1 N–H and O–H groups in total. The summed E-state index contributed by atoms with van der Waals surface area (Å²) in [7, 11) is 1.89. The maximum absolute atomic E-state index is 12.6. The van der Waals surface area contributed by atoms with Gasteiger partial charge >= 0.3 is 0 Å². The van der Waals surface area contributed by atoms with Gasteiger partial charge in [-0.25, -0.2) is 0 Å². The first-order valence-electron chi connectivity index (χ1n) is 9.25. The van der Waals surface area contributed by atoms with Crippen molar-refractivity contribution >= 4 is 17.5 Å². The zero-order valence-corrected chi connectivity index (χ0v) is 16.3. The number of rotatable bonds is 6. The fourth-order valence-corrected chi connectivity index (χ4v) is 3.81. The molecule has 2 aromatic rings. The Balaban J connectivity index is 1.49. The normalized spacial score (nSPS) is 18.0. The monoisotopic (exact) mass is 374 g/mol. The summed E-state index contributed by atoms with van der Waals surface area (Å²) in [5.41, 5.74) is 2.82. The molecule has 1 fully saturated rings. The van der Waals surface area contributed by atoms with Crippen molar-refractivity contribution in [1.29, 1.82) is 0 Å². The van der Waals surface area contributed by atoms with Gasteiger partial charge in [0.05, 0.1) is 11.8 Å². The maximum atomic E-state index is 12.6. The molecule has 0 radical (unpaired) electrons. The summed E-state index contributed by atoms with van der Waals surface area (Å²) in [6.07, 6.45) is 5.03. The van der Waals surface area contributed by atoms with E-state index in [1.807, 2.05) is 31.0 Å². The van der Waals surface area contributed by atoms with E-state index in [9.17, 15) is 4.79 Å². The van der Waals surface area contributed by atoms with Crippen LogP contribution in [0.3, 0.4) is 0 Å². The summed E-state index contributed by atoms with van der Waals surface area (Å²) in [5, 5.41) is 7.58. The van der Waals surface area contributed by atoms with Crippen LogP contribution in [0.1, 0.15) is 34.5 Å². The molecule has 3 rings (SSSR count). The highest BCUT2D eigenvalue weighted by Crippen LogP contribution is 2.19. The first-order valence-corrected chi connectivity index (χ1v) is 9.63. The smallest absolute Gasteiger partial charge is 0.257 e. The van der Waals surface area contributed by atoms with E-state index in [4.69, 9.17) is 11.6 Å². The minimum Gasteiger partial charge on any atom is -0.341 e. The van der Waals surface area contributed by atoms with Crippen molar-refractivity contribution < 1.29 is 4.79 Å². The van der Waals surface area contributed by atoms with Gasteiger partial charge in [-0.3, -0.25) is 9.89 Å². The third-order valence-electron chi connectivity index (χ3n) is 5.17. The lowest BCUT2D eigenvalue weighted by Crippen LogP contribution is -2.42. The summed E-state index contributed by atoms with van der Waals surface area (Å²) in [5.74, 6) is 0.574. The number of benzene rings is 1. The molecule has 0 bridgehead atoms. The molecule has 5 nitrogen and oxygen atoms in total. The predicted molar refractivity (Wildman–Crippen MR) is 105 cm³/mol. The van der Waals surface area contributed by atoms with Crippen LogP contribution in [0.4, 0.5) is 0 Å². The standard InChI is InChI=1S/C20H27ClN4O/c1-15-19(12-22-23-15)20(26)24(2)13-17-4-3-10-25(14-17)11-9-16-5-7-18(21)8-6-16/h5-8,12,17H,3-4,9-11,13-14H2,1-2H3,(H,22,23)/t17-/m1/s1. The number of nitrogens with one attached hydrogen (secondary N) is 1. The average Bonchev–Trinajstić information content (AvgIpc) is 3.07. The van der Waals surface area contributed by atoms with Gasteiger partial charge < -0.3 is 9.80 Å². The SMILES string of the molecule is Cc1[nH]ncc1C(=O)N(C)C[C@H]1CCCN(CCc2ccc(Cl)cc2)C1. The quantitative estimate of drug-likeness (QED) is 0.843. The van der Waals surface area contributed by atoms with E-state index in [-0.39, 0.29) is 5.91 Å². The van der Waals surface area contributed by atoms with Crippen LogP contribution < -0.4 is 0 Å². The van der Waals surface area contributed by atoms with Crippen LogP contribution in [0.15, 0.2) is 30.5 Å². The Bertz CT molecular complexity index is 728. The third-order valence-corrected chi connectivity index (χ3v) is 5.42. The number of nitrogens with zero attached hydrogens (tertiary/aromatic N) is 3. The molecular weight excluding hydrogens is 348 g/mol. The second kappa shape index (κ2) is 8.69. The molecule has 0 spiro atoms. The van der Waals surface area contributed by atoms with Crippen LogP contribution in [-0.2, 0) is 6.42 Å². The third kappa shape index (κ3) is 4.86. The lowest BCUT2D eigenvalue weighted by atomic mass is 9.97. The van der Waals surface area contributed by atoms with Crippen molar-refractivity contribution in [2.24, 2.45) is 5.92 Å². The van der Waals surface area contributed by atoms with Crippen LogP contribution in [0.25, 0.3) is 0 Å². The number of hydrogen-bond donors (Lipinski definition) is 1. The van der Waals surface area contributed by atoms with Crippen molar-refractivity contribution in [3.63, 3.8) is 0 Å². The second-order valence-corrected chi connectivity index (χ2v) is 7.72. The number of aryl methyl sites for hydroxylation is 1. The van der Waals surface area contributed by atoms with Crippen LogP contribution >= 0.6 is 11.6 Å². The number of aromatic amines is 1. The highest BCUT2D eigenvalue weighted by molar-refractivity contribution is 6.30. The molecular formula is C20H27ClN4O. The van der Waals surface area contributed by atoms with Gasteiger partial charge in [0.1, 0.15) is 0 Å². The number of carbonyl (C=O) groups is 1. The summed E-state index contributed by atoms with van der Waals surface area (Å²) < 4.78 is 0. The van der Waals surface area contributed by atoms with Gasteiger partial charge in [-0.1, -0.05) is 23.7 Å². The molecule has 1 saturated heterocycles. The first-order chi connectivity index (χ1) is 12.5. The molecule has 1 atom stereocenters. The van der Waals surface area contributed by atoms with Gasteiger partial charge in [0.15, 0.2) is 0 Å². The molecule has 0 saturated carbocycles. The largest absolute Gasteiger partial charge is 0.341 e. The Morgan fingerprint density at radius 3 is 2.85 bits per heavy atom. The molecule has 1 aliphatic heterocycles. The molecule has 1 aliphatic rings. The summed E-state index contributed by atoms with van der Waals surface area (Å²) in [6.45, 7) is 5.92. The van der Waals surface area contributed by atoms with Gasteiger partial charge in [0.2, 0.25) is 0 Å². The maximum Gasteiger partial charge on any atom is 0.257 e. The number of amides is 1. The number of piperidine rings is 1. The fraction of sp³-hybridized carbons (Fsp3) is 0.500. The lowest BCUT2D eigenvalue weighted by Gasteiger charge is -2.34. The topological polar surface area (TPSA) is 52.2 Å². The Hall–Kier alpha value is -1.85. The Kier molecular flexibility index (Phi) is 6.33. The molecule has 26 heavy (non-hydrogen) atoms. The van der Waals surface area contributed by atoms with Gasteiger partial charge in [-0.2, -0.15) is 5.10 Å². The zero-order chi connectivity index (χ0) is 18.5. The van der Waals surface area contributed by atoms with Gasteiger partial charge in [0.25, 0.3) is 5.91 Å². The van der Waals surface area contributed by atoms with E-state index in [1.165, 1.54) is 18.4 Å². The predicted octanol–water partition coefficient (Wildman–Crippen LogP) is 3.40. The number of H-pyrrole nitrogens is 1. The van der Waals surface area contributed by atoms with Gasteiger partial charge in [0, 0.05) is 37.4 Å². The van der Waals surface area contributed by atoms with Crippen molar-refractivity contribution in [3.8, 4) is 0 Å². The fourth-order valence-electron chi connectivity index (χ4n) is 3.68. The van der Waals surface area contributed by atoms with Gasteiger partial charge in [-0.15, -0.1) is 0 Å². The average molecular weight is 375 g/mol. The lowest BCUT2D eigenvalue weighted by molar-refractivity contribution is 0.0730. The van der Waals surface area contributed by atoms with E-state index in [0.29, 0.717) is 11.5 Å². The first kappa shape index (κ1) is 18.9. The molecule has 140 valence electrons. The van der Waals surface area contributed by atoms with Crippen LogP contribution in [0, 0.1) is 12.8 Å². The number of halogens is 1. The Labute approximate surface area is 160 Å². The molecule has 0 aliphatic carbocycles. The molecule has 2 heterocycles. The number of aromatic nitrogens is 2. The minimum atomic E-state index is 0.0505. The molecule has 1 aromatic carbocycles. The summed E-state index contributed by atoms with van der Waals surface area (Å²) >= 11 is 5.95. The van der Waals surface area contributed by atoms with Crippen LogP contribution in [0.2, 0.25) is 5.02 Å². The Morgan fingerprint density at radius 1 is 1.38 bits per heavy atom. The molecule has 6 heteroatoms. The van der Waals surface area contributed by atoms with E-state index in [0.717, 1.165) is 43.3 Å². The van der Waals surface area contributed by atoms with E-state index in [2.05, 4.69) is 27.2 Å². The zero-order valence-electron chi connectivity index (χ0n) is 15.5. The molecule has 1 aromatic heterocycles. The van der Waals surface area contributed by atoms with Crippen molar-refractivity contribution in [2.45, 2.75) is 26.2 Å². The summed E-state index contributed by atoms with van der Waals surface area (Å²) in [4.78, 5) is 16.9. The van der Waals surface area contributed by atoms with Crippen molar-refractivity contribution in [3.05, 3.63) is 52.3 Å². The summed E-state index contributed by atoms with van der Waals surface area (Å²) in [6, 6.07) is 8.11. The number of hydrogen-bond acceptors (Lipinski definition) is 3. The number of likely N-dealkylation sites (tertiary alicyclic amines) is 1. The minimum absolute atomic E-state index is 0.0505. The molecule has 0 unspecified atom stereocenters. The highest BCUT2D eigenvalue weighted by Gasteiger charge is 2.24. The Morgan fingerprint density at radius 2 is 2.15 bits per heavy atom. The van der Waals surface area contributed by atoms with E-state index >= 15 is 0 Å². The highest BCUT2D eigenvalue weighted by atomic mass is 35.5. The van der Waals surface area contributed by atoms with Crippen LogP contribution in [-0.4, -0.2) is 59.1 Å². The second-order valence-electron chi connectivity index (χ2n) is 7.28. The van der Waals surface area contributed by atoms with Crippen molar-refractivity contribution in [1.82, 2.24) is 20.0 Å². The van der Waals surface area contributed by atoms with Crippen LogP contribution in [0.5, 0.6) is 0 Å². The van der Waals surface area contributed by atoms with E-state index in [1.54, 1.807) is 6.20 Å². The number of carbonyl (C=O) groups excluding carboxylic acids is 1. The van der Waals surface area contributed by atoms with Crippen molar-refractivity contribution in [2.75, 3.05) is 33.2 Å².